The number of nitrogens with one attached hydrogen (secondary N) is 1. The Balaban J connectivity index is 1.24. The van der Waals surface area contributed by atoms with Gasteiger partial charge in [0.2, 0.25) is 11.7 Å². The van der Waals surface area contributed by atoms with Gasteiger partial charge in [0, 0.05) is 23.4 Å². The van der Waals surface area contributed by atoms with Crippen LogP contribution in [0.2, 0.25) is 0 Å². The van der Waals surface area contributed by atoms with Crippen LogP contribution in [-0.2, 0) is 0 Å². The van der Waals surface area contributed by atoms with Crippen molar-refractivity contribution in [3.63, 3.8) is 0 Å². The summed E-state index contributed by atoms with van der Waals surface area (Å²) in [6, 6.07) is 11.3. The molecule has 0 bridgehead atoms. The summed E-state index contributed by atoms with van der Waals surface area (Å²) in [6.07, 6.45) is 6.21. The molecule has 0 aliphatic carbocycles. The zero-order valence-electron chi connectivity index (χ0n) is 19.6. The highest BCUT2D eigenvalue weighted by atomic mass is 16.5. The normalized spacial score (nSPS) is 19.9. The van der Waals surface area contributed by atoms with Gasteiger partial charge in [-0.25, -0.2) is 4.98 Å². The maximum Gasteiger partial charge on any atom is 0.256 e. The number of amides is 1. The third kappa shape index (κ3) is 4.80. The van der Waals surface area contributed by atoms with E-state index in [0.717, 1.165) is 38.0 Å². The molecule has 0 radical (unpaired) electrons. The van der Waals surface area contributed by atoms with Gasteiger partial charge in [0.05, 0.1) is 13.2 Å². The number of piperidine rings is 1. The number of carbonyl (C=O) groups is 1. The molecule has 178 valence electrons. The maximum absolute atomic E-state index is 12.5. The minimum Gasteiger partial charge on any atom is -0.497 e. The van der Waals surface area contributed by atoms with Gasteiger partial charge in [-0.05, 0) is 88.8 Å². The summed E-state index contributed by atoms with van der Waals surface area (Å²) in [7, 11) is 3.78. The van der Waals surface area contributed by atoms with E-state index in [9.17, 15) is 4.79 Å². The van der Waals surface area contributed by atoms with Gasteiger partial charge in [0.15, 0.2) is 0 Å². The van der Waals surface area contributed by atoms with E-state index in [1.54, 1.807) is 43.6 Å². The summed E-state index contributed by atoms with van der Waals surface area (Å²) in [5.74, 6) is 2.12. The average molecular weight is 463 g/mol. The summed E-state index contributed by atoms with van der Waals surface area (Å²) in [4.78, 5) is 26.5. The standard InChI is InChI=1S/C25H30N6O3/c1-30-14-11-19(12-15-30)31-13-3-4-21(31)25-28-23(29-34-25)18-7-10-22(26-16-18)27-24(32)17-5-8-20(33-2)9-6-17/h5-10,16,19,21H,3-4,11-15H2,1-2H3,(H,26,27,32)/t21-/m0/s1. The molecule has 2 aliphatic heterocycles. The number of hydrogen-bond acceptors (Lipinski definition) is 8. The molecular weight excluding hydrogens is 432 g/mol. The number of carbonyl (C=O) groups excluding carboxylic acids is 1. The molecule has 0 saturated carbocycles. The number of ether oxygens (including phenoxy) is 1. The molecule has 2 fully saturated rings. The third-order valence-corrected chi connectivity index (χ3v) is 6.79. The Hall–Kier alpha value is -3.30. The molecular formula is C25H30N6O3. The Morgan fingerprint density at radius 1 is 1.09 bits per heavy atom. The van der Waals surface area contributed by atoms with E-state index in [2.05, 4.69) is 32.3 Å². The fraction of sp³-hybridized carbons (Fsp3) is 0.440. The smallest absolute Gasteiger partial charge is 0.256 e. The molecule has 2 aliphatic rings. The Labute approximate surface area is 199 Å². The molecule has 1 atom stereocenters. The summed E-state index contributed by atoms with van der Waals surface area (Å²) >= 11 is 0. The van der Waals surface area contributed by atoms with E-state index in [1.807, 2.05) is 6.07 Å². The Bertz CT molecular complexity index is 1110. The first-order chi connectivity index (χ1) is 16.6. The van der Waals surface area contributed by atoms with Crippen molar-refractivity contribution in [1.29, 1.82) is 0 Å². The van der Waals surface area contributed by atoms with Crippen LogP contribution in [0.15, 0.2) is 47.1 Å². The molecule has 1 aromatic carbocycles. The molecule has 4 heterocycles. The summed E-state index contributed by atoms with van der Waals surface area (Å²) < 4.78 is 10.8. The van der Waals surface area contributed by atoms with E-state index < -0.39 is 0 Å². The predicted molar refractivity (Wildman–Crippen MR) is 128 cm³/mol. The van der Waals surface area contributed by atoms with Crippen molar-refractivity contribution in [1.82, 2.24) is 24.9 Å². The van der Waals surface area contributed by atoms with Crippen molar-refractivity contribution < 1.29 is 14.1 Å². The second-order valence-corrected chi connectivity index (χ2v) is 9.00. The van der Waals surface area contributed by atoms with Crippen LogP contribution >= 0.6 is 0 Å². The predicted octanol–water partition coefficient (Wildman–Crippen LogP) is 3.62. The number of benzene rings is 1. The highest BCUT2D eigenvalue weighted by Crippen LogP contribution is 2.36. The number of rotatable bonds is 6. The molecule has 0 unspecified atom stereocenters. The molecule has 1 N–H and O–H groups in total. The monoisotopic (exact) mass is 462 g/mol. The fourth-order valence-corrected chi connectivity index (χ4v) is 4.84. The zero-order chi connectivity index (χ0) is 23.5. The first-order valence-electron chi connectivity index (χ1n) is 11.8. The van der Waals surface area contributed by atoms with Crippen LogP contribution in [0, 0.1) is 0 Å². The number of anilines is 1. The lowest BCUT2D eigenvalue weighted by Crippen LogP contribution is -2.43. The minimum atomic E-state index is -0.236. The second kappa shape index (κ2) is 9.90. The van der Waals surface area contributed by atoms with Crippen LogP contribution in [0.3, 0.4) is 0 Å². The number of likely N-dealkylation sites (tertiary alicyclic amines) is 2. The molecule has 9 heteroatoms. The van der Waals surface area contributed by atoms with Gasteiger partial charge >= 0.3 is 0 Å². The van der Waals surface area contributed by atoms with E-state index in [4.69, 9.17) is 14.2 Å². The van der Waals surface area contributed by atoms with Gasteiger partial charge in [-0.2, -0.15) is 4.98 Å². The number of methoxy groups -OCH3 is 1. The largest absolute Gasteiger partial charge is 0.497 e. The minimum absolute atomic E-state index is 0.186. The second-order valence-electron chi connectivity index (χ2n) is 9.00. The molecule has 0 spiro atoms. The first kappa shape index (κ1) is 22.5. The maximum atomic E-state index is 12.5. The van der Waals surface area contributed by atoms with Gasteiger partial charge in [0.25, 0.3) is 5.91 Å². The van der Waals surface area contributed by atoms with Gasteiger partial charge in [-0.15, -0.1) is 0 Å². The van der Waals surface area contributed by atoms with Crippen LogP contribution < -0.4 is 10.1 Å². The lowest BCUT2D eigenvalue weighted by molar-refractivity contribution is 0.0958. The lowest BCUT2D eigenvalue weighted by atomic mass is 10.0. The molecule has 2 aromatic heterocycles. The van der Waals surface area contributed by atoms with Gasteiger partial charge in [-0.3, -0.25) is 9.69 Å². The van der Waals surface area contributed by atoms with Crippen LogP contribution in [0.4, 0.5) is 5.82 Å². The van der Waals surface area contributed by atoms with Crippen LogP contribution in [0.5, 0.6) is 5.75 Å². The number of nitrogens with zero attached hydrogens (tertiary/aromatic N) is 5. The average Bonchev–Trinajstić information content (AvgIpc) is 3.55. The van der Waals surface area contributed by atoms with Crippen molar-refractivity contribution >= 4 is 11.7 Å². The summed E-state index contributed by atoms with van der Waals surface area (Å²) in [5, 5.41) is 7.02. The SMILES string of the molecule is COc1ccc(C(=O)Nc2ccc(-c3noc([C@@H]4CCCN4C4CCN(C)CC4)n3)cn2)cc1. The van der Waals surface area contributed by atoms with Crippen molar-refractivity contribution in [3.8, 4) is 17.1 Å². The number of hydrogen-bond donors (Lipinski definition) is 1. The molecule has 2 saturated heterocycles. The van der Waals surface area contributed by atoms with E-state index >= 15 is 0 Å². The quantitative estimate of drug-likeness (QED) is 0.593. The molecule has 1 amide bonds. The summed E-state index contributed by atoms with van der Waals surface area (Å²) in [6.45, 7) is 3.35. The third-order valence-electron chi connectivity index (χ3n) is 6.79. The van der Waals surface area contributed by atoms with Crippen LogP contribution in [-0.4, -0.2) is 70.7 Å². The Kier molecular flexibility index (Phi) is 6.55. The topological polar surface area (TPSA) is 96.6 Å². The lowest BCUT2D eigenvalue weighted by Gasteiger charge is -2.37. The highest BCUT2D eigenvalue weighted by Gasteiger charge is 2.36. The first-order valence-corrected chi connectivity index (χ1v) is 11.8. The van der Waals surface area contributed by atoms with Gasteiger partial charge in [0.1, 0.15) is 11.6 Å². The van der Waals surface area contributed by atoms with E-state index in [-0.39, 0.29) is 11.9 Å². The highest BCUT2D eigenvalue weighted by molar-refractivity contribution is 6.03. The zero-order valence-corrected chi connectivity index (χ0v) is 19.6. The van der Waals surface area contributed by atoms with Crippen LogP contribution in [0.25, 0.3) is 11.4 Å². The van der Waals surface area contributed by atoms with Crippen molar-refractivity contribution in [3.05, 3.63) is 54.0 Å². The van der Waals surface area contributed by atoms with E-state index in [1.165, 1.54) is 12.8 Å². The van der Waals surface area contributed by atoms with E-state index in [0.29, 0.717) is 34.9 Å². The number of aromatic nitrogens is 3. The van der Waals surface area contributed by atoms with Crippen LogP contribution in [0.1, 0.15) is 48.0 Å². The van der Waals surface area contributed by atoms with Crippen molar-refractivity contribution in [2.75, 3.05) is 39.1 Å². The Morgan fingerprint density at radius 3 is 2.59 bits per heavy atom. The Morgan fingerprint density at radius 2 is 1.88 bits per heavy atom. The number of pyridine rings is 1. The molecule has 3 aromatic rings. The van der Waals surface area contributed by atoms with Crippen molar-refractivity contribution in [2.24, 2.45) is 0 Å². The summed E-state index contributed by atoms with van der Waals surface area (Å²) in [5.41, 5.74) is 1.28. The molecule has 5 rings (SSSR count). The molecule has 34 heavy (non-hydrogen) atoms. The van der Waals surface area contributed by atoms with Gasteiger partial charge < -0.3 is 19.5 Å². The van der Waals surface area contributed by atoms with Gasteiger partial charge in [-0.1, -0.05) is 5.16 Å². The van der Waals surface area contributed by atoms with Crippen molar-refractivity contribution in [2.45, 2.75) is 37.8 Å². The fourth-order valence-electron chi connectivity index (χ4n) is 4.84. The molecule has 9 nitrogen and oxygen atoms in total.